The molecule has 0 saturated carbocycles. The molecule has 2 N–H and O–H groups in total. The van der Waals surface area contributed by atoms with E-state index in [1.165, 1.54) is 135 Å². The van der Waals surface area contributed by atoms with Crippen LogP contribution in [0, 0.1) is 0 Å². The molecular formula is C67H120N2O7P+. The molecule has 10 heteroatoms. The Bertz CT molecular complexity index is 1640. The smallest absolute Gasteiger partial charge is 0.456 e. The van der Waals surface area contributed by atoms with Crippen molar-refractivity contribution in [2.75, 3.05) is 40.9 Å². The Balaban J connectivity index is 5.25. The van der Waals surface area contributed by atoms with Crippen LogP contribution in [-0.2, 0) is 27.9 Å². The van der Waals surface area contributed by atoms with Crippen LogP contribution in [0.2, 0.25) is 0 Å². The molecule has 3 atom stereocenters. The molecule has 0 radical (unpaired) electrons. The zero-order valence-electron chi connectivity index (χ0n) is 50.7. The number of nitrogens with one attached hydrogen (secondary N) is 1. The van der Waals surface area contributed by atoms with Crippen molar-refractivity contribution in [1.82, 2.24) is 5.32 Å². The second kappa shape index (κ2) is 56.2. The quantitative estimate of drug-likeness (QED) is 0.0205. The predicted molar refractivity (Wildman–Crippen MR) is 332 cm³/mol. The Morgan fingerprint density at radius 1 is 0.455 bits per heavy atom. The van der Waals surface area contributed by atoms with Gasteiger partial charge < -0.3 is 19.4 Å². The third kappa shape index (κ3) is 57.4. The molecule has 0 aliphatic heterocycles. The molecule has 1 amide bonds. The maximum atomic E-state index is 13.5. The van der Waals surface area contributed by atoms with Crippen molar-refractivity contribution < 1.29 is 37.3 Å². The number of phosphoric ester groups is 1. The summed E-state index contributed by atoms with van der Waals surface area (Å²) < 4.78 is 30.6. The molecule has 0 rings (SSSR count). The van der Waals surface area contributed by atoms with Gasteiger partial charge in [-0.3, -0.25) is 18.6 Å². The van der Waals surface area contributed by atoms with Gasteiger partial charge in [0.05, 0.1) is 33.8 Å². The average Bonchev–Trinajstić information content (AvgIpc) is 3.39. The Morgan fingerprint density at radius 3 is 1.23 bits per heavy atom. The molecule has 0 heterocycles. The molecule has 0 spiro atoms. The maximum Gasteiger partial charge on any atom is 0.472 e. The fourth-order valence-electron chi connectivity index (χ4n) is 8.59. The predicted octanol–water partition coefficient (Wildman–Crippen LogP) is 19.6. The summed E-state index contributed by atoms with van der Waals surface area (Å²) in [7, 11) is 1.46. The van der Waals surface area contributed by atoms with E-state index in [4.69, 9.17) is 13.8 Å². The summed E-state index contributed by atoms with van der Waals surface area (Å²) in [6.45, 7) is 6.91. The molecule has 77 heavy (non-hydrogen) atoms. The fourth-order valence-corrected chi connectivity index (χ4v) is 9.32. The van der Waals surface area contributed by atoms with E-state index in [1.54, 1.807) is 0 Å². The number of hydrogen-bond donors (Lipinski definition) is 2. The number of esters is 1. The van der Waals surface area contributed by atoms with Gasteiger partial charge in [0.15, 0.2) is 0 Å². The van der Waals surface area contributed by atoms with Gasteiger partial charge in [0.1, 0.15) is 19.3 Å². The number of rotatable bonds is 56. The van der Waals surface area contributed by atoms with Gasteiger partial charge >= 0.3 is 13.8 Å². The third-order valence-electron chi connectivity index (χ3n) is 13.5. The Morgan fingerprint density at radius 2 is 0.805 bits per heavy atom. The summed E-state index contributed by atoms with van der Waals surface area (Å²) in [6.07, 6.45) is 75.6. The number of phosphoric acid groups is 1. The number of nitrogens with zero attached hydrogens (tertiary/aromatic N) is 1. The summed E-state index contributed by atoms with van der Waals surface area (Å²) in [4.78, 5) is 37.7. The number of carbonyl (C=O) groups is 2. The molecule has 9 nitrogen and oxygen atoms in total. The van der Waals surface area contributed by atoms with Gasteiger partial charge in [0.25, 0.3) is 0 Å². The topological polar surface area (TPSA) is 111 Å². The van der Waals surface area contributed by atoms with Crippen LogP contribution in [0.4, 0.5) is 0 Å². The van der Waals surface area contributed by atoms with Crippen LogP contribution in [0.3, 0.4) is 0 Å². The molecule has 0 aromatic heterocycles. The molecule has 0 bridgehead atoms. The summed E-state index contributed by atoms with van der Waals surface area (Å²) in [5.74, 6) is -0.578. The first-order chi connectivity index (χ1) is 37.4. The van der Waals surface area contributed by atoms with Crippen LogP contribution in [0.15, 0.2) is 97.2 Å². The van der Waals surface area contributed by atoms with E-state index < -0.39 is 20.0 Å². The molecule has 444 valence electrons. The number of quaternary nitrogens is 1. The molecule has 0 aromatic carbocycles. The highest BCUT2D eigenvalue weighted by Gasteiger charge is 2.30. The first kappa shape index (κ1) is 73.9. The van der Waals surface area contributed by atoms with Crippen molar-refractivity contribution in [3.05, 3.63) is 97.2 Å². The first-order valence-electron chi connectivity index (χ1n) is 31.6. The monoisotopic (exact) mass is 1100 g/mol. The van der Waals surface area contributed by atoms with Gasteiger partial charge in [0.2, 0.25) is 5.91 Å². The zero-order chi connectivity index (χ0) is 56.4. The molecule has 0 aromatic rings. The van der Waals surface area contributed by atoms with Crippen LogP contribution >= 0.6 is 7.82 Å². The standard InChI is InChI=1S/C67H119N2O7P/c1-7-10-13-16-19-22-25-27-29-31-32-33-34-35-36-38-39-41-44-47-50-53-56-59-66(70)68-64(63-75-77(72,73)74-62-61-69(4,5)6)65(58-55-52-49-46-43-24-21-18-15-12-9-3)76-67(71)60-57-54-51-48-45-42-40-37-30-28-26-23-20-17-14-11-8-2/h19-20,22-23,27-30,32-33,40,42,48,51,55,58,64-65H,7-18,21,24-26,31,34-39,41,43-47,49-50,52-54,56-57,59-63H2,1-6H3,(H-,68,70,72,73)/p+1/b22-19-,23-20-,29-27-,30-28-,33-32-,42-40-,51-48-,58-55-. The van der Waals surface area contributed by atoms with Gasteiger partial charge in [-0.15, -0.1) is 0 Å². The minimum Gasteiger partial charge on any atom is -0.456 e. The van der Waals surface area contributed by atoms with Crippen LogP contribution in [-0.4, -0.2) is 74.3 Å². The largest absolute Gasteiger partial charge is 0.472 e. The lowest BCUT2D eigenvalue weighted by molar-refractivity contribution is -0.870. The summed E-state index contributed by atoms with van der Waals surface area (Å²) in [6, 6.07) is -0.877. The lowest BCUT2D eigenvalue weighted by atomic mass is 10.0. The van der Waals surface area contributed by atoms with E-state index in [0.717, 1.165) is 89.9 Å². The fraction of sp³-hybridized carbons (Fsp3) is 0.731. The van der Waals surface area contributed by atoms with Gasteiger partial charge in [-0.2, -0.15) is 0 Å². The number of allylic oxidation sites excluding steroid dienone is 15. The van der Waals surface area contributed by atoms with Crippen molar-refractivity contribution in [1.29, 1.82) is 0 Å². The number of carbonyl (C=O) groups excluding carboxylic acids is 2. The van der Waals surface area contributed by atoms with Gasteiger partial charge in [-0.25, -0.2) is 4.57 Å². The number of amides is 1. The average molecular weight is 1100 g/mol. The van der Waals surface area contributed by atoms with E-state index in [2.05, 4.69) is 111 Å². The van der Waals surface area contributed by atoms with Crippen molar-refractivity contribution in [2.24, 2.45) is 0 Å². The Kier molecular flexibility index (Phi) is 54.0. The number of likely N-dealkylation sites (N-methyl/N-ethyl adjacent to an activating group) is 1. The highest BCUT2D eigenvalue weighted by atomic mass is 31.2. The second-order valence-electron chi connectivity index (χ2n) is 22.2. The van der Waals surface area contributed by atoms with Gasteiger partial charge in [-0.1, -0.05) is 240 Å². The van der Waals surface area contributed by atoms with Crippen LogP contribution < -0.4 is 5.32 Å². The molecular weight excluding hydrogens is 976 g/mol. The second-order valence-corrected chi connectivity index (χ2v) is 23.7. The molecule has 3 unspecified atom stereocenters. The third-order valence-corrected chi connectivity index (χ3v) is 14.5. The normalized spacial score (nSPS) is 14.3. The van der Waals surface area contributed by atoms with Crippen molar-refractivity contribution in [3.8, 4) is 0 Å². The van der Waals surface area contributed by atoms with Crippen molar-refractivity contribution in [2.45, 2.75) is 277 Å². The van der Waals surface area contributed by atoms with E-state index in [-0.39, 0.29) is 31.5 Å². The zero-order valence-corrected chi connectivity index (χ0v) is 51.6. The Labute approximate surface area is 475 Å². The lowest BCUT2D eigenvalue weighted by Crippen LogP contribution is -2.47. The van der Waals surface area contributed by atoms with Gasteiger partial charge in [-0.05, 0) is 109 Å². The molecule has 0 fully saturated rings. The van der Waals surface area contributed by atoms with Gasteiger partial charge in [0, 0.05) is 12.8 Å². The summed E-state index contributed by atoms with van der Waals surface area (Å²) in [5.41, 5.74) is 0. The SMILES string of the molecule is CCCCC/C=C\C/C=C\C/C=C\C/C=C\CCCC(=O)OC(/C=C\CCCCCCCCCCC)C(COP(=O)(O)OCC[N+](C)(C)C)NC(=O)CCCCCCCCCCCC/C=C\C/C=C\C/C=C\CCCCC. The highest BCUT2D eigenvalue weighted by molar-refractivity contribution is 7.47. The van der Waals surface area contributed by atoms with Crippen LogP contribution in [0.1, 0.15) is 265 Å². The van der Waals surface area contributed by atoms with E-state index in [1.807, 2.05) is 33.3 Å². The highest BCUT2D eigenvalue weighted by Crippen LogP contribution is 2.43. The minimum atomic E-state index is -4.47. The van der Waals surface area contributed by atoms with Crippen molar-refractivity contribution in [3.63, 3.8) is 0 Å². The summed E-state index contributed by atoms with van der Waals surface area (Å²) in [5, 5.41) is 3.04. The number of unbranched alkanes of at least 4 members (excludes halogenated alkanes) is 26. The minimum absolute atomic E-state index is 0.0269. The van der Waals surface area contributed by atoms with Crippen molar-refractivity contribution >= 4 is 19.7 Å². The van der Waals surface area contributed by atoms with E-state index in [0.29, 0.717) is 23.9 Å². The molecule has 0 saturated heterocycles. The summed E-state index contributed by atoms with van der Waals surface area (Å²) >= 11 is 0. The van der Waals surface area contributed by atoms with Crippen LogP contribution in [0.5, 0.6) is 0 Å². The van der Waals surface area contributed by atoms with Crippen LogP contribution in [0.25, 0.3) is 0 Å². The Hall–Kier alpha value is -3.07. The first-order valence-corrected chi connectivity index (χ1v) is 33.1. The van der Waals surface area contributed by atoms with E-state index in [9.17, 15) is 19.0 Å². The number of ether oxygens (including phenoxy) is 1. The molecule has 0 aliphatic rings. The molecule has 0 aliphatic carbocycles. The lowest BCUT2D eigenvalue weighted by Gasteiger charge is -2.27. The van der Waals surface area contributed by atoms with E-state index >= 15 is 0 Å². The number of hydrogen-bond acceptors (Lipinski definition) is 6. The maximum absolute atomic E-state index is 13.5.